The van der Waals surface area contributed by atoms with E-state index < -0.39 is 0 Å². The van der Waals surface area contributed by atoms with Gasteiger partial charge in [0.15, 0.2) is 5.96 Å². The third-order valence-electron chi connectivity index (χ3n) is 2.04. The molecule has 0 aliphatic rings. The summed E-state index contributed by atoms with van der Waals surface area (Å²) < 4.78 is 0. The first-order chi connectivity index (χ1) is 6.77. The fourth-order valence-electron chi connectivity index (χ4n) is 1.24. The number of rotatable bonds is 9. The molecule has 0 saturated heterocycles. The first kappa shape index (κ1) is 13.2. The summed E-state index contributed by atoms with van der Waals surface area (Å²) >= 11 is 0. The Kier molecular flexibility index (Phi) is 9.74. The van der Waals surface area contributed by atoms with Crippen LogP contribution >= 0.6 is 0 Å². The van der Waals surface area contributed by atoms with Gasteiger partial charge >= 0.3 is 0 Å². The zero-order valence-corrected chi connectivity index (χ0v) is 9.26. The zero-order chi connectivity index (χ0) is 10.6. The van der Waals surface area contributed by atoms with E-state index in [4.69, 9.17) is 11.5 Å². The summed E-state index contributed by atoms with van der Waals surface area (Å²) in [6, 6.07) is 0. The number of hydrogen-bond acceptors (Lipinski definition) is 2. The van der Waals surface area contributed by atoms with Gasteiger partial charge in [0.25, 0.3) is 0 Å². The molecule has 0 aliphatic carbocycles. The molecule has 0 fully saturated rings. The van der Waals surface area contributed by atoms with Gasteiger partial charge in [-0.3, -0.25) is 4.99 Å². The number of nitrogens with zero attached hydrogens (tertiary/aromatic N) is 1. The Balaban J connectivity index is 2.96. The number of nitrogens with two attached hydrogens (primary N) is 2. The number of unbranched alkanes of at least 4 members (excludes halogenated alkanes) is 4. The maximum absolute atomic E-state index is 5.19. The van der Waals surface area contributed by atoms with Crippen molar-refractivity contribution in [1.29, 1.82) is 0 Å². The van der Waals surface area contributed by atoms with Crippen molar-refractivity contribution in [1.82, 2.24) is 5.32 Å². The summed E-state index contributed by atoms with van der Waals surface area (Å²) in [6.45, 7) is 4.85. The van der Waals surface area contributed by atoms with Crippen molar-refractivity contribution in [3.63, 3.8) is 0 Å². The van der Waals surface area contributed by atoms with Crippen molar-refractivity contribution >= 4 is 5.96 Å². The van der Waals surface area contributed by atoms with Crippen LogP contribution in [0.25, 0.3) is 0 Å². The molecule has 0 aromatic heterocycles. The second-order valence-corrected chi connectivity index (χ2v) is 3.47. The molecule has 0 heterocycles. The maximum atomic E-state index is 5.19. The van der Waals surface area contributed by atoms with E-state index in [0.29, 0.717) is 6.54 Å². The van der Waals surface area contributed by atoms with Crippen LogP contribution in [0.2, 0.25) is 0 Å². The molecule has 0 unspecified atom stereocenters. The summed E-state index contributed by atoms with van der Waals surface area (Å²) in [5.41, 5.74) is 10.4. The van der Waals surface area contributed by atoms with Crippen LogP contribution in [-0.2, 0) is 0 Å². The van der Waals surface area contributed by atoms with Crippen LogP contribution in [0.4, 0.5) is 0 Å². The third kappa shape index (κ3) is 11.2. The van der Waals surface area contributed by atoms with Crippen LogP contribution in [0.1, 0.15) is 39.0 Å². The number of aliphatic imine (C=N–C) groups is 1. The first-order valence-corrected chi connectivity index (χ1v) is 5.53. The molecule has 0 radical (unpaired) electrons. The minimum Gasteiger partial charge on any atom is -0.370 e. The van der Waals surface area contributed by atoms with E-state index in [1.54, 1.807) is 0 Å². The monoisotopic (exact) mass is 200 g/mol. The third-order valence-corrected chi connectivity index (χ3v) is 2.04. The van der Waals surface area contributed by atoms with Crippen LogP contribution < -0.4 is 16.8 Å². The molecule has 0 rings (SSSR count). The largest absolute Gasteiger partial charge is 0.370 e. The van der Waals surface area contributed by atoms with Crippen molar-refractivity contribution < 1.29 is 0 Å². The lowest BCUT2D eigenvalue weighted by Gasteiger charge is -2.02. The van der Waals surface area contributed by atoms with Crippen molar-refractivity contribution in [2.45, 2.75) is 39.0 Å². The van der Waals surface area contributed by atoms with Gasteiger partial charge in [0.2, 0.25) is 0 Å². The van der Waals surface area contributed by atoms with E-state index in [-0.39, 0.29) is 5.96 Å². The molecule has 0 spiro atoms. The fraction of sp³-hybridized carbons (Fsp3) is 0.900. The van der Waals surface area contributed by atoms with E-state index in [1.165, 1.54) is 32.1 Å². The Morgan fingerprint density at radius 1 is 1.07 bits per heavy atom. The van der Waals surface area contributed by atoms with E-state index in [1.807, 2.05) is 0 Å². The molecule has 14 heavy (non-hydrogen) atoms. The van der Waals surface area contributed by atoms with Crippen LogP contribution in [0.5, 0.6) is 0 Å². The van der Waals surface area contributed by atoms with E-state index in [2.05, 4.69) is 17.2 Å². The van der Waals surface area contributed by atoms with Crippen molar-refractivity contribution in [2.75, 3.05) is 19.6 Å². The lowest BCUT2D eigenvalue weighted by Crippen LogP contribution is -2.25. The Hall–Kier alpha value is -0.770. The normalized spacial score (nSPS) is 10.1. The molecule has 0 bridgehead atoms. The van der Waals surface area contributed by atoms with Gasteiger partial charge in [-0.1, -0.05) is 32.6 Å². The highest BCUT2D eigenvalue weighted by molar-refractivity contribution is 5.75. The maximum Gasteiger partial charge on any atom is 0.185 e. The fourth-order valence-corrected chi connectivity index (χ4v) is 1.24. The molecule has 84 valence electrons. The van der Waals surface area contributed by atoms with Crippen molar-refractivity contribution in [2.24, 2.45) is 16.5 Å². The quantitative estimate of drug-likeness (QED) is 0.293. The molecule has 0 aliphatic heterocycles. The minimum atomic E-state index is 0.176. The molecule has 0 saturated carbocycles. The highest BCUT2D eigenvalue weighted by Crippen LogP contribution is 2.00. The summed E-state index contributed by atoms with van der Waals surface area (Å²) in [6.07, 6.45) is 6.59. The minimum absolute atomic E-state index is 0.176. The topological polar surface area (TPSA) is 76.4 Å². The SMILES string of the molecule is CCCCCCCNCCN=C(N)N. The summed E-state index contributed by atoms with van der Waals surface area (Å²) in [7, 11) is 0. The second-order valence-electron chi connectivity index (χ2n) is 3.47. The molecule has 0 atom stereocenters. The molecular weight excluding hydrogens is 176 g/mol. The molecular formula is C10H24N4. The van der Waals surface area contributed by atoms with Crippen LogP contribution in [0, 0.1) is 0 Å². The van der Waals surface area contributed by atoms with E-state index >= 15 is 0 Å². The lowest BCUT2D eigenvalue weighted by atomic mass is 10.1. The van der Waals surface area contributed by atoms with Gasteiger partial charge in [-0.2, -0.15) is 0 Å². The molecule has 0 amide bonds. The highest BCUT2D eigenvalue weighted by atomic mass is 15.0. The summed E-state index contributed by atoms with van der Waals surface area (Å²) in [4.78, 5) is 3.88. The lowest BCUT2D eigenvalue weighted by molar-refractivity contribution is 0.587. The Morgan fingerprint density at radius 3 is 2.43 bits per heavy atom. The molecule has 0 aromatic carbocycles. The predicted octanol–water partition coefficient (Wildman–Crippen LogP) is 0.820. The van der Waals surface area contributed by atoms with Gasteiger partial charge in [-0.05, 0) is 13.0 Å². The second kappa shape index (κ2) is 10.3. The van der Waals surface area contributed by atoms with Crippen molar-refractivity contribution in [3.05, 3.63) is 0 Å². The zero-order valence-electron chi connectivity index (χ0n) is 9.26. The number of guanidine groups is 1. The van der Waals surface area contributed by atoms with Gasteiger partial charge in [0.05, 0.1) is 6.54 Å². The summed E-state index contributed by atoms with van der Waals surface area (Å²) in [5, 5.41) is 3.30. The van der Waals surface area contributed by atoms with Crippen LogP contribution in [-0.4, -0.2) is 25.6 Å². The van der Waals surface area contributed by atoms with Gasteiger partial charge in [-0.15, -0.1) is 0 Å². The van der Waals surface area contributed by atoms with Gasteiger partial charge in [0, 0.05) is 6.54 Å². The molecule has 5 N–H and O–H groups in total. The summed E-state index contributed by atoms with van der Waals surface area (Å²) in [5.74, 6) is 0.176. The predicted molar refractivity (Wildman–Crippen MR) is 62.3 cm³/mol. The Bertz CT molecular complexity index is 141. The smallest absolute Gasteiger partial charge is 0.185 e. The average molecular weight is 200 g/mol. The van der Waals surface area contributed by atoms with Gasteiger partial charge in [0.1, 0.15) is 0 Å². The van der Waals surface area contributed by atoms with Gasteiger partial charge in [-0.25, -0.2) is 0 Å². The molecule has 4 heteroatoms. The highest BCUT2D eigenvalue weighted by Gasteiger charge is 1.89. The molecule has 0 aromatic rings. The first-order valence-electron chi connectivity index (χ1n) is 5.53. The van der Waals surface area contributed by atoms with Crippen LogP contribution in [0.3, 0.4) is 0 Å². The van der Waals surface area contributed by atoms with E-state index in [0.717, 1.165) is 13.1 Å². The van der Waals surface area contributed by atoms with Gasteiger partial charge < -0.3 is 16.8 Å². The molecule has 4 nitrogen and oxygen atoms in total. The Labute approximate surface area is 87.1 Å². The average Bonchev–Trinajstić information content (AvgIpc) is 2.15. The van der Waals surface area contributed by atoms with Crippen molar-refractivity contribution in [3.8, 4) is 0 Å². The number of nitrogens with one attached hydrogen (secondary N) is 1. The Morgan fingerprint density at radius 2 is 1.79 bits per heavy atom. The van der Waals surface area contributed by atoms with E-state index in [9.17, 15) is 0 Å². The van der Waals surface area contributed by atoms with Crippen LogP contribution in [0.15, 0.2) is 4.99 Å². The standard InChI is InChI=1S/C10H24N4/c1-2-3-4-5-6-7-13-8-9-14-10(11)12/h13H,2-9H2,1H3,(H4,11,12,14). The number of hydrogen-bond donors (Lipinski definition) is 3.